The second kappa shape index (κ2) is 5.15. The van der Waals surface area contributed by atoms with Gasteiger partial charge >= 0.3 is 5.97 Å². The molecule has 1 aliphatic rings. The molecule has 1 fully saturated rings. The zero-order chi connectivity index (χ0) is 12.3. The first-order valence-corrected chi connectivity index (χ1v) is 5.99. The van der Waals surface area contributed by atoms with Crippen LogP contribution < -0.4 is 0 Å². The number of carboxylic acid groups (broad SMARTS) is 1. The largest absolute Gasteiger partial charge is 0.481 e. The predicted octanol–water partition coefficient (Wildman–Crippen LogP) is 1.48. The first kappa shape index (κ1) is 13.5. The lowest BCUT2D eigenvalue weighted by Crippen LogP contribution is -2.51. The third-order valence-corrected chi connectivity index (χ3v) is 3.27. The van der Waals surface area contributed by atoms with E-state index in [1.807, 2.05) is 0 Å². The van der Waals surface area contributed by atoms with Gasteiger partial charge in [-0.3, -0.25) is 9.69 Å². The predicted molar refractivity (Wildman–Crippen MR) is 62.4 cm³/mol. The number of carboxylic acids is 1. The van der Waals surface area contributed by atoms with Gasteiger partial charge in [-0.2, -0.15) is 0 Å². The summed E-state index contributed by atoms with van der Waals surface area (Å²) in [5.41, 5.74) is -0.0918. The van der Waals surface area contributed by atoms with Crippen LogP contribution in [0.2, 0.25) is 0 Å². The summed E-state index contributed by atoms with van der Waals surface area (Å²) in [7, 11) is 0. The number of nitrogens with zero attached hydrogens (tertiary/aromatic N) is 1. The second-order valence-electron chi connectivity index (χ2n) is 5.57. The maximum Gasteiger partial charge on any atom is 0.304 e. The second-order valence-corrected chi connectivity index (χ2v) is 5.57. The van der Waals surface area contributed by atoms with Crippen molar-refractivity contribution in [2.24, 2.45) is 0 Å². The fraction of sp³-hybridized carbons (Fsp3) is 0.917. The summed E-state index contributed by atoms with van der Waals surface area (Å²) < 4.78 is 0. The molecule has 2 atom stereocenters. The molecule has 2 N–H and O–H groups in total. The Morgan fingerprint density at radius 3 is 2.38 bits per heavy atom. The first-order chi connectivity index (χ1) is 7.32. The minimum Gasteiger partial charge on any atom is -0.481 e. The molecular formula is C12H23NO3. The molecule has 0 heterocycles. The minimum absolute atomic E-state index is 0.0918. The lowest BCUT2D eigenvalue weighted by Gasteiger charge is -2.41. The van der Waals surface area contributed by atoms with E-state index >= 15 is 0 Å². The van der Waals surface area contributed by atoms with E-state index in [1.54, 1.807) is 0 Å². The fourth-order valence-corrected chi connectivity index (χ4v) is 2.50. The van der Waals surface area contributed by atoms with E-state index < -0.39 is 5.97 Å². The quantitative estimate of drug-likeness (QED) is 0.766. The molecule has 1 aliphatic carbocycles. The molecule has 4 heteroatoms. The van der Waals surface area contributed by atoms with Crippen LogP contribution in [0, 0.1) is 0 Å². The SMILES string of the molecule is CC(C)(C)N(CCC(=O)O)C1CCCC1O. The van der Waals surface area contributed by atoms with E-state index in [4.69, 9.17) is 5.11 Å². The molecule has 1 rings (SSSR count). The van der Waals surface area contributed by atoms with Crippen LogP contribution in [-0.4, -0.2) is 45.3 Å². The van der Waals surface area contributed by atoms with Gasteiger partial charge < -0.3 is 10.2 Å². The van der Waals surface area contributed by atoms with Crippen LogP contribution in [0.1, 0.15) is 46.5 Å². The van der Waals surface area contributed by atoms with Crippen LogP contribution in [0.3, 0.4) is 0 Å². The average molecular weight is 229 g/mol. The molecule has 0 aromatic carbocycles. The van der Waals surface area contributed by atoms with Gasteiger partial charge in [0.25, 0.3) is 0 Å². The number of aliphatic hydroxyl groups excluding tert-OH is 1. The van der Waals surface area contributed by atoms with Crippen LogP contribution >= 0.6 is 0 Å². The summed E-state index contributed by atoms with van der Waals surface area (Å²) in [6, 6.07) is 0.124. The smallest absolute Gasteiger partial charge is 0.304 e. The third kappa shape index (κ3) is 3.46. The Bertz CT molecular complexity index is 247. The summed E-state index contributed by atoms with van der Waals surface area (Å²) in [6.07, 6.45) is 2.68. The average Bonchev–Trinajstić information content (AvgIpc) is 2.49. The van der Waals surface area contributed by atoms with Crippen molar-refractivity contribution >= 4 is 5.97 Å². The van der Waals surface area contributed by atoms with E-state index in [0.717, 1.165) is 19.3 Å². The van der Waals surface area contributed by atoms with E-state index in [2.05, 4.69) is 25.7 Å². The molecule has 0 spiro atoms. The van der Waals surface area contributed by atoms with E-state index in [9.17, 15) is 9.90 Å². The van der Waals surface area contributed by atoms with Gasteiger partial charge in [-0.25, -0.2) is 0 Å². The zero-order valence-corrected chi connectivity index (χ0v) is 10.4. The van der Waals surface area contributed by atoms with Crippen molar-refractivity contribution < 1.29 is 15.0 Å². The molecule has 2 unspecified atom stereocenters. The van der Waals surface area contributed by atoms with Gasteiger partial charge in [-0.1, -0.05) is 0 Å². The highest BCUT2D eigenvalue weighted by Crippen LogP contribution is 2.29. The minimum atomic E-state index is -0.776. The van der Waals surface area contributed by atoms with Gasteiger partial charge in [0.2, 0.25) is 0 Å². The van der Waals surface area contributed by atoms with Crippen LogP contribution in [0.25, 0.3) is 0 Å². The Kier molecular flexibility index (Phi) is 4.33. The van der Waals surface area contributed by atoms with Crippen LogP contribution in [0.4, 0.5) is 0 Å². The molecule has 0 aliphatic heterocycles. The summed E-state index contributed by atoms with van der Waals surface area (Å²) >= 11 is 0. The molecule has 0 bridgehead atoms. The molecule has 0 aromatic rings. The van der Waals surface area contributed by atoms with Gasteiger partial charge in [0, 0.05) is 18.1 Å². The maximum atomic E-state index is 10.6. The molecule has 0 radical (unpaired) electrons. The standard InChI is InChI=1S/C12H23NO3/c1-12(2,3)13(8-7-11(15)16)9-5-4-6-10(9)14/h9-10,14H,4-8H2,1-3H3,(H,15,16). The first-order valence-electron chi connectivity index (χ1n) is 5.99. The summed E-state index contributed by atoms with van der Waals surface area (Å²) in [5, 5.41) is 18.6. The van der Waals surface area contributed by atoms with Crippen molar-refractivity contribution in [3.63, 3.8) is 0 Å². The monoisotopic (exact) mass is 229 g/mol. The van der Waals surface area contributed by atoms with Gasteiger partial charge in [0.1, 0.15) is 0 Å². The van der Waals surface area contributed by atoms with Gasteiger partial charge in [-0.05, 0) is 40.0 Å². The number of rotatable bonds is 4. The van der Waals surface area contributed by atoms with Gasteiger partial charge in [0.15, 0.2) is 0 Å². The summed E-state index contributed by atoms with van der Waals surface area (Å²) in [5.74, 6) is -0.776. The van der Waals surface area contributed by atoms with Crippen LogP contribution in [0.15, 0.2) is 0 Å². The molecule has 0 amide bonds. The van der Waals surface area contributed by atoms with E-state index in [-0.39, 0.29) is 24.1 Å². The summed E-state index contributed by atoms with van der Waals surface area (Å²) in [6.45, 7) is 6.72. The lowest BCUT2D eigenvalue weighted by atomic mass is 10.0. The van der Waals surface area contributed by atoms with Crippen LogP contribution in [-0.2, 0) is 4.79 Å². The van der Waals surface area contributed by atoms with Gasteiger partial charge in [-0.15, -0.1) is 0 Å². The Balaban J connectivity index is 2.67. The lowest BCUT2D eigenvalue weighted by molar-refractivity contribution is -0.138. The van der Waals surface area contributed by atoms with Crippen molar-refractivity contribution in [3.05, 3.63) is 0 Å². The fourth-order valence-electron chi connectivity index (χ4n) is 2.50. The number of aliphatic hydroxyl groups is 1. The highest BCUT2D eigenvalue weighted by atomic mass is 16.4. The molecule has 0 aromatic heterocycles. The van der Waals surface area contributed by atoms with Crippen molar-refractivity contribution in [2.75, 3.05) is 6.54 Å². The van der Waals surface area contributed by atoms with Crippen molar-refractivity contribution in [1.29, 1.82) is 0 Å². The van der Waals surface area contributed by atoms with Gasteiger partial charge in [0.05, 0.1) is 12.5 Å². The number of hydrogen-bond acceptors (Lipinski definition) is 3. The molecule has 1 saturated carbocycles. The van der Waals surface area contributed by atoms with Crippen molar-refractivity contribution in [1.82, 2.24) is 4.90 Å². The van der Waals surface area contributed by atoms with Crippen molar-refractivity contribution in [3.8, 4) is 0 Å². The molecule has 0 saturated heterocycles. The van der Waals surface area contributed by atoms with E-state index in [1.165, 1.54) is 0 Å². The topological polar surface area (TPSA) is 60.8 Å². The zero-order valence-electron chi connectivity index (χ0n) is 10.4. The molecule has 94 valence electrons. The van der Waals surface area contributed by atoms with Crippen LogP contribution in [0.5, 0.6) is 0 Å². The number of aliphatic carboxylic acids is 1. The molecule has 4 nitrogen and oxygen atoms in total. The maximum absolute atomic E-state index is 10.6. The van der Waals surface area contributed by atoms with E-state index in [0.29, 0.717) is 6.54 Å². The molecular weight excluding hydrogens is 206 g/mol. The Morgan fingerprint density at radius 2 is 2.00 bits per heavy atom. The third-order valence-electron chi connectivity index (χ3n) is 3.27. The highest BCUT2D eigenvalue weighted by molar-refractivity contribution is 5.66. The number of hydrogen-bond donors (Lipinski definition) is 2. The highest BCUT2D eigenvalue weighted by Gasteiger charge is 2.36. The Hall–Kier alpha value is -0.610. The molecule has 16 heavy (non-hydrogen) atoms. The normalized spacial score (nSPS) is 26.3. The number of carbonyl (C=O) groups is 1. The summed E-state index contributed by atoms with van der Waals surface area (Å²) in [4.78, 5) is 12.8. The van der Waals surface area contributed by atoms with Crippen molar-refractivity contribution in [2.45, 2.75) is 64.1 Å². The Labute approximate surface area is 97.3 Å². The Morgan fingerprint density at radius 1 is 1.38 bits per heavy atom.